The van der Waals surface area contributed by atoms with Crippen LogP contribution in [0, 0.1) is 0 Å². The number of aromatic amines is 3. The van der Waals surface area contributed by atoms with Gasteiger partial charge in [0.1, 0.15) is 17.1 Å². The zero-order chi connectivity index (χ0) is 17.9. The number of rotatable bonds is 3. The summed E-state index contributed by atoms with van der Waals surface area (Å²) in [5, 5.41) is 55.3. The summed E-state index contributed by atoms with van der Waals surface area (Å²) in [5.74, 6) is -3.96. The summed E-state index contributed by atoms with van der Waals surface area (Å²) >= 11 is 0. The molecule has 3 rings (SSSR count). The Balaban J connectivity index is 0.000000339. The van der Waals surface area contributed by atoms with Gasteiger partial charge >= 0.3 is 20.1 Å². The SMILES string of the molecule is O=C([O-])c1cn[nH]n1.O=C([O-])c1cn[nH]n1.O=C([O-])c1cn[nH]n1.[Ir+3]. The van der Waals surface area contributed by atoms with Crippen LogP contribution in [-0.4, -0.2) is 64.1 Å². The molecule has 3 N–H and O–H groups in total. The van der Waals surface area contributed by atoms with E-state index in [1.807, 2.05) is 0 Å². The first-order valence-corrected chi connectivity index (χ1v) is 5.63. The maximum absolute atomic E-state index is 9.83. The van der Waals surface area contributed by atoms with Crippen molar-refractivity contribution in [1.82, 2.24) is 46.2 Å². The summed E-state index contributed by atoms with van der Waals surface area (Å²) in [6, 6.07) is 0. The van der Waals surface area contributed by atoms with Crippen molar-refractivity contribution >= 4 is 17.9 Å². The van der Waals surface area contributed by atoms with Crippen LogP contribution >= 0.6 is 0 Å². The fraction of sp³-hybridized carbons (Fsp3) is 0. The molecule has 0 radical (unpaired) electrons. The predicted octanol–water partition coefficient (Wildman–Crippen LogP) is -5.50. The second-order valence-corrected chi connectivity index (χ2v) is 3.43. The van der Waals surface area contributed by atoms with Gasteiger partial charge in [-0.2, -0.15) is 46.2 Å². The second-order valence-electron chi connectivity index (χ2n) is 3.43. The maximum Gasteiger partial charge on any atom is 3.00 e. The van der Waals surface area contributed by atoms with Crippen molar-refractivity contribution in [2.75, 3.05) is 0 Å². The van der Waals surface area contributed by atoms with Crippen molar-refractivity contribution in [1.29, 1.82) is 0 Å². The minimum absolute atomic E-state index is 0. The number of hydrogen-bond acceptors (Lipinski definition) is 12. The van der Waals surface area contributed by atoms with Gasteiger partial charge in [-0.05, 0) is 0 Å². The van der Waals surface area contributed by atoms with Crippen LogP contribution in [-0.2, 0) is 20.1 Å². The number of nitrogens with one attached hydrogen (secondary N) is 3. The number of carbonyl (C=O) groups excluding carboxylic acids is 3. The molecule has 3 aromatic rings. The molecule has 3 aromatic heterocycles. The molecule has 132 valence electrons. The number of carbonyl (C=O) groups is 3. The standard InChI is InChI=1S/3C3H3N3O2.Ir/c3*7-3(8)2-1-4-6-5-2;/h3*1H,(H,7,8)(H,4,5,6);/q;;;+3/p-3. The van der Waals surface area contributed by atoms with E-state index in [2.05, 4.69) is 46.2 Å². The number of nitrogens with zero attached hydrogens (tertiary/aromatic N) is 6. The minimum Gasteiger partial charge on any atom is -0.543 e. The fourth-order valence-corrected chi connectivity index (χ4v) is 0.900. The molecular formula is C9H6IrN9O6. The molecule has 0 spiro atoms. The van der Waals surface area contributed by atoms with Crippen molar-refractivity contribution < 1.29 is 49.8 Å². The molecule has 0 aliphatic rings. The summed E-state index contributed by atoms with van der Waals surface area (Å²) in [4.78, 5) is 29.5. The van der Waals surface area contributed by atoms with Crippen LogP contribution in [0.25, 0.3) is 0 Å². The molecule has 0 aromatic carbocycles. The third-order valence-electron chi connectivity index (χ3n) is 1.87. The van der Waals surface area contributed by atoms with E-state index < -0.39 is 17.9 Å². The summed E-state index contributed by atoms with van der Waals surface area (Å²) in [6.07, 6.45) is 3.24. The quantitative estimate of drug-likeness (QED) is 0.288. The van der Waals surface area contributed by atoms with Crippen molar-refractivity contribution in [3.63, 3.8) is 0 Å². The number of aromatic nitrogens is 9. The van der Waals surface area contributed by atoms with Gasteiger partial charge in [-0.3, -0.25) is 0 Å². The van der Waals surface area contributed by atoms with Gasteiger partial charge in [0.15, 0.2) is 0 Å². The Morgan fingerprint density at radius 3 is 0.960 bits per heavy atom. The Morgan fingerprint density at radius 1 is 0.640 bits per heavy atom. The largest absolute Gasteiger partial charge is 3.00 e. The first-order valence-electron chi connectivity index (χ1n) is 5.63. The third kappa shape index (κ3) is 8.05. The number of aromatic carboxylic acids is 3. The normalized spacial score (nSPS) is 8.64. The van der Waals surface area contributed by atoms with Gasteiger partial charge in [-0.25, -0.2) is 0 Å². The van der Waals surface area contributed by atoms with Crippen LogP contribution in [0.1, 0.15) is 31.5 Å². The van der Waals surface area contributed by atoms with Gasteiger partial charge in [0.2, 0.25) is 0 Å². The monoisotopic (exact) mass is 529 g/mol. The van der Waals surface area contributed by atoms with E-state index in [4.69, 9.17) is 0 Å². The zero-order valence-electron chi connectivity index (χ0n) is 11.7. The number of carboxylic acids is 3. The van der Waals surface area contributed by atoms with E-state index in [0.29, 0.717) is 0 Å². The molecule has 0 aliphatic carbocycles. The Morgan fingerprint density at radius 2 is 0.880 bits per heavy atom. The molecule has 0 saturated carbocycles. The minimum atomic E-state index is -1.32. The zero-order valence-corrected chi connectivity index (χ0v) is 14.1. The van der Waals surface area contributed by atoms with Crippen molar-refractivity contribution in [3.8, 4) is 0 Å². The Labute approximate surface area is 150 Å². The van der Waals surface area contributed by atoms with E-state index in [1.54, 1.807) is 0 Å². The Kier molecular flexibility index (Phi) is 9.52. The molecule has 25 heavy (non-hydrogen) atoms. The molecule has 15 nitrogen and oxygen atoms in total. The van der Waals surface area contributed by atoms with Crippen LogP contribution in [0.4, 0.5) is 0 Å². The molecule has 0 amide bonds. The van der Waals surface area contributed by atoms with Crippen LogP contribution < -0.4 is 15.3 Å². The summed E-state index contributed by atoms with van der Waals surface area (Å²) in [5.41, 5.74) is -0.528. The van der Waals surface area contributed by atoms with Crippen molar-refractivity contribution in [2.45, 2.75) is 0 Å². The number of H-pyrrole nitrogens is 3. The summed E-state index contributed by atoms with van der Waals surface area (Å²) in [7, 11) is 0. The van der Waals surface area contributed by atoms with Crippen LogP contribution in [0.3, 0.4) is 0 Å². The number of hydrogen-bond donors (Lipinski definition) is 3. The topological polar surface area (TPSA) is 245 Å². The van der Waals surface area contributed by atoms with Crippen LogP contribution in [0.15, 0.2) is 18.6 Å². The summed E-state index contributed by atoms with van der Waals surface area (Å²) < 4.78 is 0. The molecule has 0 fully saturated rings. The van der Waals surface area contributed by atoms with Crippen LogP contribution in [0.2, 0.25) is 0 Å². The van der Waals surface area contributed by atoms with E-state index in [9.17, 15) is 29.7 Å². The molecular weight excluding hydrogens is 522 g/mol. The van der Waals surface area contributed by atoms with E-state index in [1.165, 1.54) is 0 Å². The van der Waals surface area contributed by atoms with E-state index >= 15 is 0 Å². The summed E-state index contributed by atoms with van der Waals surface area (Å²) in [6.45, 7) is 0. The van der Waals surface area contributed by atoms with Crippen molar-refractivity contribution in [3.05, 3.63) is 35.7 Å². The van der Waals surface area contributed by atoms with Crippen LogP contribution in [0.5, 0.6) is 0 Å². The maximum atomic E-state index is 9.83. The molecule has 0 bridgehead atoms. The second kappa shape index (κ2) is 11.1. The van der Waals surface area contributed by atoms with E-state index in [-0.39, 0.29) is 37.2 Å². The average molecular weight is 528 g/mol. The molecule has 16 heteroatoms. The van der Waals surface area contributed by atoms with E-state index in [0.717, 1.165) is 18.6 Å². The van der Waals surface area contributed by atoms with Gasteiger partial charge in [-0.1, -0.05) is 0 Å². The Hall–Kier alpha value is -3.52. The molecule has 0 saturated heterocycles. The van der Waals surface area contributed by atoms with Gasteiger partial charge in [0.05, 0.1) is 36.5 Å². The average Bonchev–Trinajstić information content (AvgIpc) is 3.29. The molecule has 3 heterocycles. The van der Waals surface area contributed by atoms with Gasteiger partial charge in [0, 0.05) is 0 Å². The number of carboxylic acid groups (broad SMARTS) is 3. The van der Waals surface area contributed by atoms with Gasteiger partial charge in [0.25, 0.3) is 0 Å². The molecule has 0 atom stereocenters. The fourth-order valence-electron chi connectivity index (χ4n) is 0.900. The van der Waals surface area contributed by atoms with Gasteiger partial charge in [-0.15, -0.1) is 0 Å². The predicted molar refractivity (Wildman–Crippen MR) is 62.1 cm³/mol. The Bertz CT molecular complexity index is 653. The molecule has 0 unspecified atom stereocenters. The smallest absolute Gasteiger partial charge is 0.543 e. The third-order valence-corrected chi connectivity index (χ3v) is 1.87. The van der Waals surface area contributed by atoms with Crippen molar-refractivity contribution in [2.24, 2.45) is 0 Å². The first kappa shape index (κ1) is 21.5. The molecule has 0 aliphatic heterocycles. The first-order chi connectivity index (χ1) is 11.4. The van der Waals surface area contributed by atoms with Gasteiger partial charge < -0.3 is 29.7 Å².